The third-order valence-electron chi connectivity index (χ3n) is 1.20. The van der Waals surface area contributed by atoms with Crippen LogP contribution in [0.4, 0.5) is 0 Å². The van der Waals surface area contributed by atoms with E-state index in [1.54, 1.807) is 30.3 Å². The van der Waals surface area contributed by atoms with Crippen molar-refractivity contribution < 1.29 is 9.84 Å². The number of phenolic OH excluding ortho intramolecular Hbond substituents is 1. The largest absolute Gasteiger partial charge is 0.504 e. The van der Waals surface area contributed by atoms with Gasteiger partial charge in [-0.1, -0.05) is 18.2 Å². The molecule has 58 valence electrons. The average molecular weight is 150 g/mol. The van der Waals surface area contributed by atoms with E-state index in [1.807, 2.05) is 6.92 Å². The van der Waals surface area contributed by atoms with Crippen LogP contribution >= 0.6 is 0 Å². The Morgan fingerprint density at radius 2 is 2.09 bits per heavy atom. The molecular formula is C9H10O2. The highest BCUT2D eigenvalue weighted by molar-refractivity contribution is 5.38. The lowest BCUT2D eigenvalue weighted by Crippen LogP contribution is -1.80. The zero-order valence-electron chi connectivity index (χ0n) is 6.32. The van der Waals surface area contributed by atoms with Crippen LogP contribution in [0.1, 0.15) is 6.92 Å². The van der Waals surface area contributed by atoms with Gasteiger partial charge < -0.3 is 9.84 Å². The number of aromatic hydroxyl groups is 1. The summed E-state index contributed by atoms with van der Waals surface area (Å²) in [5.74, 6) is 0.635. The van der Waals surface area contributed by atoms with E-state index in [4.69, 9.17) is 4.74 Å². The van der Waals surface area contributed by atoms with Crippen molar-refractivity contribution in [3.8, 4) is 11.5 Å². The summed E-state index contributed by atoms with van der Waals surface area (Å²) in [4.78, 5) is 0. The van der Waals surface area contributed by atoms with Crippen molar-refractivity contribution in [3.63, 3.8) is 0 Å². The van der Waals surface area contributed by atoms with Crippen LogP contribution in [0.3, 0.4) is 0 Å². The lowest BCUT2D eigenvalue weighted by atomic mass is 10.3. The quantitative estimate of drug-likeness (QED) is 0.655. The molecule has 0 aliphatic carbocycles. The van der Waals surface area contributed by atoms with E-state index in [9.17, 15) is 5.11 Å². The van der Waals surface area contributed by atoms with Gasteiger partial charge in [0.15, 0.2) is 11.5 Å². The lowest BCUT2D eigenvalue weighted by Gasteiger charge is -2.00. The van der Waals surface area contributed by atoms with Crippen LogP contribution in [0.5, 0.6) is 11.5 Å². The van der Waals surface area contributed by atoms with Crippen LogP contribution in [-0.4, -0.2) is 5.11 Å². The lowest BCUT2D eigenvalue weighted by molar-refractivity contribution is 0.410. The molecular weight excluding hydrogens is 140 g/mol. The van der Waals surface area contributed by atoms with Crippen LogP contribution in [-0.2, 0) is 0 Å². The standard InChI is InChI=1S/C9H10O2/c1-2-7-11-9-6-4-3-5-8(9)10/h2-7,10H,1H3/b7-2+. The number of ether oxygens (including phenoxy) is 1. The van der Waals surface area contributed by atoms with E-state index in [1.165, 1.54) is 6.26 Å². The molecule has 11 heavy (non-hydrogen) atoms. The van der Waals surface area contributed by atoms with Gasteiger partial charge in [0.1, 0.15) is 0 Å². The fraction of sp³-hybridized carbons (Fsp3) is 0.111. The topological polar surface area (TPSA) is 29.5 Å². The fourth-order valence-electron chi connectivity index (χ4n) is 0.698. The predicted molar refractivity (Wildman–Crippen MR) is 43.5 cm³/mol. The molecule has 0 atom stereocenters. The first-order chi connectivity index (χ1) is 5.34. The molecule has 0 saturated carbocycles. The highest BCUT2D eigenvalue weighted by Gasteiger charge is 1.95. The Morgan fingerprint density at radius 3 is 2.73 bits per heavy atom. The van der Waals surface area contributed by atoms with Gasteiger partial charge in [0, 0.05) is 0 Å². The van der Waals surface area contributed by atoms with E-state index in [0.29, 0.717) is 5.75 Å². The van der Waals surface area contributed by atoms with Crippen LogP contribution in [0.2, 0.25) is 0 Å². The summed E-state index contributed by atoms with van der Waals surface area (Å²) < 4.78 is 5.06. The highest BCUT2D eigenvalue weighted by Crippen LogP contribution is 2.24. The number of hydrogen-bond donors (Lipinski definition) is 1. The number of allylic oxidation sites excluding steroid dienone is 1. The molecule has 0 aliphatic rings. The van der Waals surface area contributed by atoms with Crippen molar-refractivity contribution in [3.05, 3.63) is 36.6 Å². The average Bonchev–Trinajstić information content (AvgIpc) is 2.03. The molecule has 1 aromatic carbocycles. The molecule has 0 spiro atoms. The third-order valence-corrected chi connectivity index (χ3v) is 1.20. The second kappa shape index (κ2) is 3.66. The minimum absolute atomic E-state index is 0.158. The Bertz CT molecular complexity index is 253. The first-order valence-corrected chi connectivity index (χ1v) is 3.40. The molecule has 0 heterocycles. The summed E-state index contributed by atoms with van der Waals surface area (Å²) in [7, 11) is 0. The van der Waals surface area contributed by atoms with Gasteiger partial charge in [0.25, 0.3) is 0 Å². The number of hydrogen-bond acceptors (Lipinski definition) is 2. The molecule has 0 amide bonds. The SMILES string of the molecule is C/C=C/Oc1ccccc1O. The van der Waals surface area contributed by atoms with Gasteiger partial charge in [-0.2, -0.15) is 0 Å². The molecule has 2 heteroatoms. The van der Waals surface area contributed by atoms with E-state index in [0.717, 1.165) is 0 Å². The predicted octanol–water partition coefficient (Wildman–Crippen LogP) is 2.30. The highest BCUT2D eigenvalue weighted by atomic mass is 16.5. The zero-order valence-corrected chi connectivity index (χ0v) is 6.32. The monoisotopic (exact) mass is 150 g/mol. The Hall–Kier alpha value is -1.44. The minimum Gasteiger partial charge on any atom is -0.504 e. The summed E-state index contributed by atoms with van der Waals surface area (Å²) in [5.41, 5.74) is 0. The smallest absolute Gasteiger partial charge is 0.168 e. The van der Waals surface area contributed by atoms with Crippen molar-refractivity contribution in [1.29, 1.82) is 0 Å². The summed E-state index contributed by atoms with van der Waals surface area (Å²) in [5, 5.41) is 9.18. The maximum Gasteiger partial charge on any atom is 0.168 e. The van der Waals surface area contributed by atoms with Gasteiger partial charge in [0.05, 0.1) is 6.26 Å². The van der Waals surface area contributed by atoms with Crippen molar-refractivity contribution in [2.75, 3.05) is 0 Å². The second-order valence-corrected chi connectivity index (χ2v) is 2.05. The number of rotatable bonds is 2. The Labute approximate surface area is 65.7 Å². The molecule has 0 unspecified atom stereocenters. The van der Waals surface area contributed by atoms with Gasteiger partial charge in [-0.25, -0.2) is 0 Å². The van der Waals surface area contributed by atoms with Crippen molar-refractivity contribution >= 4 is 0 Å². The zero-order chi connectivity index (χ0) is 8.10. The van der Waals surface area contributed by atoms with Gasteiger partial charge in [0.2, 0.25) is 0 Å². The first kappa shape index (κ1) is 7.66. The molecule has 0 aromatic heterocycles. The van der Waals surface area contributed by atoms with Crippen LogP contribution in [0.15, 0.2) is 36.6 Å². The van der Waals surface area contributed by atoms with Crippen molar-refractivity contribution in [2.45, 2.75) is 6.92 Å². The molecule has 0 saturated heterocycles. The molecule has 0 radical (unpaired) electrons. The Kier molecular flexibility index (Phi) is 2.55. The molecule has 1 rings (SSSR count). The molecule has 0 aliphatic heterocycles. The van der Waals surface area contributed by atoms with Gasteiger partial charge >= 0.3 is 0 Å². The normalized spacial score (nSPS) is 10.3. The van der Waals surface area contributed by atoms with Crippen molar-refractivity contribution in [2.24, 2.45) is 0 Å². The molecule has 2 nitrogen and oxygen atoms in total. The molecule has 1 aromatic rings. The van der Waals surface area contributed by atoms with Gasteiger partial charge in [-0.05, 0) is 19.1 Å². The van der Waals surface area contributed by atoms with E-state index in [-0.39, 0.29) is 5.75 Å². The van der Waals surface area contributed by atoms with Crippen molar-refractivity contribution in [1.82, 2.24) is 0 Å². The Balaban J connectivity index is 2.77. The maximum absolute atomic E-state index is 9.18. The van der Waals surface area contributed by atoms with Crippen LogP contribution < -0.4 is 4.74 Å². The summed E-state index contributed by atoms with van der Waals surface area (Å²) in [6, 6.07) is 6.84. The minimum atomic E-state index is 0.158. The van der Waals surface area contributed by atoms with Crippen LogP contribution in [0.25, 0.3) is 0 Å². The second-order valence-electron chi connectivity index (χ2n) is 2.05. The van der Waals surface area contributed by atoms with Gasteiger partial charge in [-0.3, -0.25) is 0 Å². The van der Waals surface area contributed by atoms with E-state index in [2.05, 4.69) is 0 Å². The molecule has 1 N–H and O–H groups in total. The summed E-state index contributed by atoms with van der Waals surface area (Å²) >= 11 is 0. The summed E-state index contributed by atoms with van der Waals surface area (Å²) in [6.07, 6.45) is 3.28. The number of para-hydroxylation sites is 2. The van der Waals surface area contributed by atoms with E-state index >= 15 is 0 Å². The summed E-state index contributed by atoms with van der Waals surface area (Å²) in [6.45, 7) is 1.85. The van der Waals surface area contributed by atoms with Gasteiger partial charge in [-0.15, -0.1) is 0 Å². The fourth-order valence-corrected chi connectivity index (χ4v) is 0.698. The number of benzene rings is 1. The molecule has 0 bridgehead atoms. The third kappa shape index (κ3) is 2.00. The number of phenols is 1. The van der Waals surface area contributed by atoms with Crippen LogP contribution in [0, 0.1) is 0 Å². The van der Waals surface area contributed by atoms with E-state index < -0.39 is 0 Å². The maximum atomic E-state index is 9.18. The molecule has 0 fully saturated rings. The Morgan fingerprint density at radius 1 is 1.36 bits per heavy atom. The first-order valence-electron chi connectivity index (χ1n) is 3.40.